The van der Waals surface area contributed by atoms with E-state index in [2.05, 4.69) is 206 Å². The first-order chi connectivity index (χ1) is 31.2. The van der Waals surface area contributed by atoms with Gasteiger partial charge in [0, 0.05) is 50.4 Å². The maximum Gasteiger partial charge on any atom is 0.145 e. The third kappa shape index (κ3) is 5.44. The number of benzene rings is 8. The van der Waals surface area contributed by atoms with Gasteiger partial charge in [0.1, 0.15) is 28.8 Å². The Kier molecular flexibility index (Phi) is 7.98. The second-order valence-electron chi connectivity index (χ2n) is 16.9. The maximum atomic E-state index is 6.92. The molecule has 1 N–H and O–H groups in total. The van der Waals surface area contributed by atoms with Crippen LogP contribution in [0.3, 0.4) is 0 Å². The number of rotatable bonds is 5. The molecule has 9 aromatic rings. The highest BCUT2D eigenvalue weighted by Gasteiger charge is 2.51. The molecule has 0 saturated heterocycles. The number of hydrogen-bond acceptors (Lipinski definition) is 4. The molecule has 2 unspecified atom stereocenters. The molecule has 8 aromatic carbocycles. The Morgan fingerprint density at radius 3 is 1.98 bits per heavy atom. The zero-order valence-electron chi connectivity index (χ0n) is 34.3. The summed E-state index contributed by atoms with van der Waals surface area (Å²) in [7, 11) is 0. The molecule has 4 nitrogen and oxygen atoms in total. The van der Waals surface area contributed by atoms with Gasteiger partial charge in [0.15, 0.2) is 0 Å². The van der Waals surface area contributed by atoms with Crippen molar-refractivity contribution in [3.05, 3.63) is 246 Å². The zero-order valence-corrected chi connectivity index (χ0v) is 34.3. The first-order valence-corrected chi connectivity index (χ1v) is 21.8. The number of para-hydroxylation sites is 3. The summed E-state index contributed by atoms with van der Waals surface area (Å²) < 4.78 is 13.3. The van der Waals surface area contributed by atoms with Gasteiger partial charge in [-0.05, 0) is 75.2 Å². The van der Waals surface area contributed by atoms with Gasteiger partial charge in [0.2, 0.25) is 0 Å². The third-order valence-corrected chi connectivity index (χ3v) is 13.5. The molecule has 0 radical (unpaired) electrons. The van der Waals surface area contributed by atoms with Crippen molar-refractivity contribution in [1.82, 2.24) is 5.32 Å². The minimum Gasteiger partial charge on any atom is -0.457 e. The quantitative estimate of drug-likeness (QED) is 0.188. The van der Waals surface area contributed by atoms with E-state index >= 15 is 0 Å². The maximum absolute atomic E-state index is 6.92. The Labute approximate surface area is 365 Å². The third-order valence-electron chi connectivity index (χ3n) is 13.5. The molecule has 2 aliphatic heterocycles. The van der Waals surface area contributed by atoms with Crippen LogP contribution in [-0.2, 0) is 5.41 Å². The van der Waals surface area contributed by atoms with Gasteiger partial charge < -0.3 is 14.5 Å². The Morgan fingerprint density at radius 1 is 0.524 bits per heavy atom. The molecule has 0 saturated carbocycles. The highest BCUT2D eigenvalue weighted by molar-refractivity contribution is 6.09. The van der Waals surface area contributed by atoms with Crippen LogP contribution in [0.5, 0.6) is 11.5 Å². The molecule has 63 heavy (non-hydrogen) atoms. The Balaban J connectivity index is 0.899. The normalized spacial score (nSPS) is 17.6. The summed E-state index contributed by atoms with van der Waals surface area (Å²) in [4.78, 5) is 5.48. The molecule has 13 rings (SSSR count). The van der Waals surface area contributed by atoms with E-state index in [9.17, 15) is 0 Å². The molecule has 0 bridgehead atoms. The summed E-state index contributed by atoms with van der Waals surface area (Å²) in [5.74, 6) is 1.93. The monoisotopic (exact) mass is 808 g/mol. The summed E-state index contributed by atoms with van der Waals surface area (Å²) in [6.45, 7) is 0. The van der Waals surface area contributed by atoms with Crippen molar-refractivity contribution in [2.75, 3.05) is 0 Å². The molecule has 0 amide bonds. The fourth-order valence-corrected chi connectivity index (χ4v) is 10.7. The smallest absolute Gasteiger partial charge is 0.145 e. The van der Waals surface area contributed by atoms with E-state index in [1.807, 2.05) is 12.1 Å². The number of allylic oxidation sites excluding steroid dienone is 5. The number of fused-ring (bicyclic) bond motifs is 12. The number of furan rings is 1. The summed E-state index contributed by atoms with van der Waals surface area (Å²) >= 11 is 0. The molecule has 2 atom stereocenters. The number of nitrogens with one attached hydrogen (secondary N) is 1. The van der Waals surface area contributed by atoms with Crippen LogP contribution in [0.1, 0.15) is 46.0 Å². The lowest BCUT2D eigenvalue weighted by Gasteiger charge is -2.39. The van der Waals surface area contributed by atoms with Crippen molar-refractivity contribution in [1.29, 1.82) is 0 Å². The average molecular weight is 809 g/mol. The summed E-state index contributed by atoms with van der Waals surface area (Å²) in [6, 6.07) is 65.3. The van der Waals surface area contributed by atoms with Crippen LogP contribution in [0.15, 0.2) is 222 Å². The minimum absolute atomic E-state index is 0.178. The molecule has 1 aromatic heterocycles. The average Bonchev–Trinajstić information content (AvgIpc) is 3.88. The van der Waals surface area contributed by atoms with Crippen molar-refractivity contribution < 1.29 is 9.15 Å². The van der Waals surface area contributed by atoms with Gasteiger partial charge in [-0.1, -0.05) is 188 Å². The van der Waals surface area contributed by atoms with Crippen molar-refractivity contribution in [3.8, 4) is 44.9 Å². The predicted molar refractivity (Wildman–Crippen MR) is 256 cm³/mol. The van der Waals surface area contributed by atoms with Crippen LogP contribution in [0, 0.1) is 5.92 Å². The highest BCUT2D eigenvalue weighted by atomic mass is 16.5. The summed E-state index contributed by atoms with van der Waals surface area (Å²) in [5, 5.41) is 6.15. The van der Waals surface area contributed by atoms with Gasteiger partial charge in [0.05, 0.1) is 5.41 Å². The van der Waals surface area contributed by atoms with E-state index < -0.39 is 5.41 Å². The molecule has 0 fully saturated rings. The van der Waals surface area contributed by atoms with E-state index in [0.29, 0.717) is 0 Å². The van der Waals surface area contributed by atoms with E-state index in [1.54, 1.807) is 0 Å². The standard InChI is InChI=1S/C59H40N2O2/c1-2-15-38(16-3-1)52-36-53(39-31-29-37(30-32-39)42-22-14-23-46-45-20-8-12-27-54(45)63-57(42)46)61-58(60-52)47-21-5-4-17-41(47)40-33-34-51-56(35-40)62-55-28-13-11-26-50(55)59(51)48-24-9-6-18-43(48)44-19-7-10-25-49(44)59/h1-15,17-36,38,58,61H,16H2. The summed E-state index contributed by atoms with van der Waals surface area (Å²) in [6.07, 6.45) is 11.6. The summed E-state index contributed by atoms with van der Waals surface area (Å²) in [5.41, 5.74) is 17.4. The predicted octanol–water partition coefficient (Wildman–Crippen LogP) is 14.6. The number of aliphatic imine (C=N–C) groups is 1. The van der Waals surface area contributed by atoms with Gasteiger partial charge >= 0.3 is 0 Å². The van der Waals surface area contributed by atoms with Crippen LogP contribution in [0.2, 0.25) is 0 Å². The first kappa shape index (κ1) is 35.8. The van der Waals surface area contributed by atoms with Gasteiger partial charge in [-0.25, -0.2) is 0 Å². The highest BCUT2D eigenvalue weighted by Crippen LogP contribution is 2.62. The molecule has 4 heteroatoms. The number of ether oxygens (including phenoxy) is 1. The van der Waals surface area contributed by atoms with Gasteiger partial charge in [-0.3, -0.25) is 4.99 Å². The molecule has 3 heterocycles. The van der Waals surface area contributed by atoms with Crippen molar-refractivity contribution in [3.63, 3.8) is 0 Å². The van der Waals surface area contributed by atoms with Crippen molar-refractivity contribution >= 4 is 33.3 Å². The topological polar surface area (TPSA) is 46.8 Å². The lowest BCUT2D eigenvalue weighted by atomic mass is 9.66. The Hall–Kier alpha value is -7.95. The number of hydrogen-bond donors (Lipinski definition) is 1. The second-order valence-corrected chi connectivity index (χ2v) is 16.9. The Morgan fingerprint density at radius 2 is 1.17 bits per heavy atom. The van der Waals surface area contributed by atoms with E-state index in [0.717, 1.165) is 90.2 Å². The lowest BCUT2D eigenvalue weighted by Crippen LogP contribution is -2.32. The largest absolute Gasteiger partial charge is 0.457 e. The van der Waals surface area contributed by atoms with E-state index in [4.69, 9.17) is 14.1 Å². The van der Waals surface area contributed by atoms with Crippen LogP contribution in [0.25, 0.3) is 61.0 Å². The van der Waals surface area contributed by atoms with Crippen LogP contribution >= 0.6 is 0 Å². The molecule has 2 aliphatic carbocycles. The second kappa shape index (κ2) is 14.1. The SMILES string of the molecule is C1=CCC(C2=NC(c3ccccc3-c3ccc4c(c3)Oc3ccccc3C43c4ccccc4-c4ccccc43)NC(c3ccc(-c4cccc5c4oc4ccccc45)cc3)=C2)C=C1. The first-order valence-electron chi connectivity index (χ1n) is 21.8. The minimum atomic E-state index is -0.505. The molecular weight excluding hydrogens is 769 g/mol. The zero-order chi connectivity index (χ0) is 41.5. The fourth-order valence-electron chi connectivity index (χ4n) is 10.7. The van der Waals surface area contributed by atoms with Gasteiger partial charge in [0.25, 0.3) is 0 Å². The van der Waals surface area contributed by atoms with Crippen LogP contribution < -0.4 is 10.1 Å². The molecule has 1 spiro atoms. The Bertz CT molecular complexity index is 3410. The molecule has 4 aliphatic rings. The molecule has 298 valence electrons. The number of nitrogens with zero attached hydrogens (tertiary/aromatic N) is 1. The van der Waals surface area contributed by atoms with Gasteiger partial charge in [-0.15, -0.1) is 0 Å². The van der Waals surface area contributed by atoms with Crippen LogP contribution in [-0.4, -0.2) is 5.71 Å². The fraction of sp³-hybridized carbons (Fsp3) is 0.0678. The van der Waals surface area contributed by atoms with Crippen molar-refractivity contribution in [2.24, 2.45) is 10.9 Å². The lowest BCUT2D eigenvalue weighted by molar-refractivity contribution is 0.436. The van der Waals surface area contributed by atoms with Gasteiger partial charge in [-0.2, -0.15) is 0 Å². The van der Waals surface area contributed by atoms with Crippen LogP contribution in [0.4, 0.5) is 0 Å². The van der Waals surface area contributed by atoms with Crippen molar-refractivity contribution in [2.45, 2.75) is 18.0 Å². The van der Waals surface area contributed by atoms with E-state index in [1.165, 1.54) is 27.8 Å². The molecular formula is C59H40N2O2. The van der Waals surface area contributed by atoms with E-state index in [-0.39, 0.29) is 12.1 Å².